The van der Waals surface area contributed by atoms with Gasteiger partial charge in [-0.05, 0) is 37.6 Å². The van der Waals surface area contributed by atoms with E-state index in [-0.39, 0.29) is 24.2 Å². The molecule has 7 nitrogen and oxygen atoms in total. The van der Waals surface area contributed by atoms with Crippen molar-refractivity contribution in [2.45, 2.75) is 19.8 Å². The van der Waals surface area contributed by atoms with Crippen molar-refractivity contribution in [1.29, 1.82) is 0 Å². The van der Waals surface area contributed by atoms with Crippen molar-refractivity contribution in [2.24, 2.45) is 16.1 Å². The molecule has 0 saturated heterocycles. The Balaban J connectivity index is 1.68. The van der Waals surface area contributed by atoms with Gasteiger partial charge in [0.05, 0.1) is 12.2 Å². The summed E-state index contributed by atoms with van der Waals surface area (Å²) in [6, 6.07) is 3.59. The maximum Gasteiger partial charge on any atom is 0.248 e. The van der Waals surface area contributed by atoms with Gasteiger partial charge in [-0.3, -0.25) is 9.59 Å². The summed E-state index contributed by atoms with van der Waals surface area (Å²) in [6.45, 7) is 1.76. The first kappa shape index (κ1) is 14.7. The summed E-state index contributed by atoms with van der Waals surface area (Å²) in [5, 5.41) is 7.60. The third kappa shape index (κ3) is 4.41. The first-order chi connectivity index (χ1) is 10.2. The van der Waals surface area contributed by atoms with E-state index in [9.17, 15) is 9.59 Å². The number of hydrazone groups is 2. The van der Waals surface area contributed by atoms with Crippen molar-refractivity contribution in [2.75, 3.05) is 0 Å². The van der Waals surface area contributed by atoms with Crippen LogP contribution in [0.2, 0.25) is 0 Å². The number of nitrogens with zero attached hydrogens (tertiary/aromatic N) is 2. The second-order valence-electron chi connectivity index (χ2n) is 4.51. The lowest BCUT2D eigenvalue weighted by atomic mass is 9.99. The van der Waals surface area contributed by atoms with Crippen LogP contribution in [0.25, 0.3) is 6.08 Å². The molecule has 2 amide bonds. The zero-order valence-corrected chi connectivity index (χ0v) is 11.6. The molecule has 1 aromatic heterocycles. The summed E-state index contributed by atoms with van der Waals surface area (Å²) in [7, 11) is 0. The molecule has 7 heteroatoms. The van der Waals surface area contributed by atoms with Crippen LogP contribution in [0.5, 0.6) is 0 Å². The van der Waals surface area contributed by atoms with E-state index in [2.05, 4.69) is 21.1 Å². The molecular formula is C14H16N4O3. The average Bonchev–Trinajstić information content (AvgIpc) is 3.08. The highest BCUT2D eigenvalue weighted by atomic mass is 16.3. The van der Waals surface area contributed by atoms with Gasteiger partial charge in [0.15, 0.2) is 0 Å². The molecule has 0 aromatic carbocycles. The van der Waals surface area contributed by atoms with Crippen LogP contribution in [-0.4, -0.2) is 23.7 Å². The van der Waals surface area contributed by atoms with Gasteiger partial charge < -0.3 is 4.42 Å². The van der Waals surface area contributed by atoms with Crippen molar-refractivity contribution in [3.8, 4) is 0 Å². The molecule has 0 saturated carbocycles. The predicted molar refractivity (Wildman–Crippen MR) is 78.4 cm³/mol. The SMILES string of the molecule is CC1=NNC(=O)C1CCC(=O)NN=CC=Cc1ccco1. The van der Waals surface area contributed by atoms with E-state index in [0.717, 1.165) is 0 Å². The van der Waals surface area contributed by atoms with Crippen LogP contribution in [-0.2, 0) is 9.59 Å². The number of carbonyl (C=O) groups excluding carboxylic acids is 2. The highest BCUT2D eigenvalue weighted by Crippen LogP contribution is 2.13. The van der Waals surface area contributed by atoms with E-state index < -0.39 is 0 Å². The van der Waals surface area contributed by atoms with E-state index in [1.165, 1.54) is 6.21 Å². The molecule has 0 aliphatic carbocycles. The molecule has 2 N–H and O–H groups in total. The fourth-order valence-corrected chi connectivity index (χ4v) is 1.84. The number of rotatable bonds is 6. The van der Waals surface area contributed by atoms with E-state index in [1.54, 1.807) is 37.5 Å². The fourth-order valence-electron chi connectivity index (χ4n) is 1.84. The topological polar surface area (TPSA) is 96.1 Å². The number of carbonyl (C=O) groups is 2. The number of amides is 2. The Labute approximate surface area is 121 Å². The van der Waals surface area contributed by atoms with E-state index >= 15 is 0 Å². The molecule has 0 bridgehead atoms. The van der Waals surface area contributed by atoms with Crippen molar-refractivity contribution >= 4 is 29.8 Å². The van der Waals surface area contributed by atoms with Crippen LogP contribution >= 0.6 is 0 Å². The Bertz CT molecular complexity index is 587. The third-order valence-corrected chi connectivity index (χ3v) is 2.98. The second-order valence-corrected chi connectivity index (χ2v) is 4.51. The van der Waals surface area contributed by atoms with E-state index in [0.29, 0.717) is 17.9 Å². The molecular weight excluding hydrogens is 272 g/mol. The second kappa shape index (κ2) is 7.18. The van der Waals surface area contributed by atoms with Crippen molar-refractivity contribution < 1.29 is 14.0 Å². The fraction of sp³-hybridized carbons (Fsp3) is 0.286. The van der Waals surface area contributed by atoms with Gasteiger partial charge in [-0.25, -0.2) is 10.9 Å². The highest BCUT2D eigenvalue weighted by Gasteiger charge is 2.26. The zero-order chi connectivity index (χ0) is 15.1. The van der Waals surface area contributed by atoms with Gasteiger partial charge in [0.25, 0.3) is 0 Å². The normalized spacial score (nSPS) is 18.2. The van der Waals surface area contributed by atoms with E-state index in [1.807, 2.05) is 0 Å². The molecule has 110 valence electrons. The minimum Gasteiger partial charge on any atom is -0.465 e. The molecule has 21 heavy (non-hydrogen) atoms. The molecule has 1 aliphatic heterocycles. The van der Waals surface area contributed by atoms with Crippen molar-refractivity contribution in [1.82, 2.24) is 10.9 Å². The van der Waals surface area contributed by atoms with Crippen LogP contribution in [0.4, 0.5) is 0 Å². The molecule has 0 fully saturated rings. The molecule has 1 atom stereocenters. The third-order valence-electron chi connectivity index (χ3n) is 2.98. The Morgan fingerprint density at radius 1 is 1.62 bits per heavy atom. The summed E-state index contributed by atoms with van der Waals surface area (Å²) in [6.07, 6.45) is 7.03. The van der Waals surface area contributed by atoms with Crippen molar-refractivity contribution in [3.63, 3.8) is 0 Å². The van der Waals surface area contributed by atoms with Crippen LogP contribution in [0, 0.1) is 5.92 Å². The summed E-state index contributed by atoms with van der Waals surface area (Å²) in [5.74, 6) is -0.0244. The lowest BCUT2D eigenvalue weighted by molar-refractivity contribution is -0.123. The summed E-state index contributed by atoms with van der Waals surface area (Å²) in [4.78, 5) is 23.0. The molecule has 2 rings (SSSR count). The van der Waals surface area contributed by atoms with Crippen LogP contribution < -0.4 is 10.9 Å². The van der Waals surface area contributed by atoms with Gasteiger partial charge in [0.1, 0.15) is 5.76 Å². The average molecular weight is 288 g/mol. The molecule has 0 radical (unpaired) electrons. The van der Waals surface area contributed by atoms with Gasteiger partial charge in [0, 0.05) is 18.3 Å². The number of furan rings is 1. The lowest BCUT2D eigenvalue weighted by Gasteiger charge is -2.05. The number of allylic oxidation sites excluding steroid dienone is 1. The smallest absolute Gasteiger partial charge is 0.248 e. The first-order valence-electron chi connectivity index (χ1n) is 6.53. The molecule has 0 spiro atoms. The molecule has 2 heterocycles. The number of hydrogen-bond acceptors (Lipinski definition) is 5. The predicted octanol–water partition coefficient (Wildman–Crippen LogP) is 1.30. The Kier molecular flexibility index (Phi) is 5.03. The van der Waals surface area contributed by atoms with Crippen LogP contribution in [0.15, 0.2) is 39.1 Å². The summed E-state index contributed by atoms with van der Waals surface area (Å²) >= 11 is 0. The van der Waals surface area contributed by atoms with Gasteiger partial charge in [-0.15, -0.1) is 0 Å². The Morgan fingerprint density at radius 2 is 2.48 bits per heavy atom. The Morgan fingerprint density at radius 3 is 3.14 bits per heavy atom. The molecule has 1 aromatic rings. The first-order valence-corrected chi connectivity index (χ1v) is 6.53. The van der Waals surface area contributed by atoms with Crippen LogP contribution in [0.1, 0.15) is 25.5 Å². The van der Waals surface area contributed by atoms with Crippen molar-refractivity contribution in [3.05, 3.63) is 30.2 Å². The monoisotopic (exact) mass is 288 g/mol. The standard InChI is InChI=1S/C14H16N4O3/c1-10-12(14(20)18-16-10)6-7-13(19)17-15-8-2-4-11-5-3-9-21-11/h2-5,8-9,12H,6-7H2,1H3,(H,17,19)(H,18,20). The van der Waals surface area contributed by atoms with Gasteiger partial charge >= 0.3 is 0 Å². The van der Waals surface area contributed by atoms with Crippen LogP contribution in [0.3, 0.4) is 0 Å². The Hall–Kier alpha value is -2.70. The minimum atomic E-state index is -0.321. The molecule has 1 aliphatic rings. The number of hydrogen-bond donors (Lipinski definition) is 2. The summed E-state index contributed by atoms with van der Waals surface area (Å²) < 4.78 is 5.09. The maximum absolute atomic E-state index is 11.6. The van der Waals surface area contributed by atoms with Gasteiger partial charge in [-0.1, -0.05) is 0 Å². The largest absolute Gasteiger partial charge is 0.465 e. The maximum atomic E-state index is 11.6. The molecule has 1 unspecified atom stereocenters. The van der Waals surface area contributed by atoms with Gasteiger partial charge in [-0.2, -0.15) is 10.2 Å². The minimum absolute atomic E-state index is 0.162. The number of nitrogens with one attached hydrogen (secondary N) is 2. The van der Waals surface area contributed by atoms with E-state index in [4.69, 9.17) is 4.42 Å². The highest BCUT2D eigenvalue weighted by molar-refractivity contribution is 6.07. The van der Waals surface area contributed by atoms with Gasteiger partial charge in [0.2, 0.25) is 11.8 Å². The quantitative estimate of drug-likeness (QED) is 0.610. The lowest BCUT2D eigenvalue weighted by Crippen LogP contribution is -2.25. The summed E-state index contributed by atoms with van der Waals surface area (Å²) in [5.41, 5.74) is 5.49. The zero-order valence-electron chi connectivity index (χ0n) is 11.6.